The molecule has 12 heavy (non-hydrogen) atoms. The Morgan fingerprint density at radius 1 is 1.50 bits per heavy atom. The Hall–Kier alpha value is -0.980. The molecule has 0 aromatic carbocycles. The van der Waals surface area contributed by atoms with Gasteiger partial charge in [0.2, 0.25) is 5.60 Å². The summed E-state index contributed by atoms with van der Waals surface area (Å²) in [6.07, 6.45) is -4.04. The van der Waals surface area contributed by atoms with Gasteiger partial charge in [-0.05, 0) is 6.92 Å². The molecule has 0 fully saturated rings. The van der Waals surface area contributed by atoms with Crippen molar-refractivity contribution in [3.8, 4) is 0 Å². The van der Waals surface area contributed by atoms with Crippen LogP contribution in [0, 0.1) is 0 Å². The predicted molar refractivity (Wildman–Crippen MR) is 36.3 cm³/mol. The van der Waals surface area contributed by atoms with Gasteiger partial charge >= 0.3 is 5.97 Å². The van der Waals surface area contributed by atoms with Crippen molar-refractivity contribution < 1.29 is 30.0 Å². The number of rotatable bonds is 4. The zero-order valence-electron chi connectivity index (χ0n) is 6.34. The quantitative estimate of drug-likeness (QED) is 0.361. The molecule has 0 aromatic rings. The van der Waals surface area contributed by atoms with Crippen molar-refractivity contribution >= 4 is 12.3 Å². The summed E-state index contributed by atoms with van der Waals surface area (Å²) in [4.78, 5) is 20.3. The molecule has 0 unspecified atom stereocenters. The highest BCUT2D eigenvalue weighted by molar-refractivity contribution is 5.83. The van der Waals surface area contributed by atoms with Crippen LogP contribution in [0.5, 0.6) is 0 Å². The third-order valence-corrected chi connectivity index (χ3v) is 1.56. The van der Waals surface area contributed by atoms with Gasteiger partial charge in [-0.2, -0.15) is 0 Å². The van der Waals surface area contributed by atoms with Crippen LogP contribution in [0.3, 0.4) is 0 Å². The van der Waals surface area contributed by atoms with E-state index >= 15 is 0 Å². The van der Waals surface area contributed by atoms with Gasteiger partial charge in [0.1, 0.15) is 0 Å². The van der Waals surface area contributed by atoms with E-state index in [4.69, 9.17) is 20.4 Å². The van der Waals surface area contributed by atoms with Crippen molar-refractivity contribution in [3.05, 3.63) is 0 Å². The number of carbonyl (C=O) groups excluding carboxylic acids is 1. The first-order chi connectivity index (χ1) is 5.37. The SMILES string of the molecule is C[C@H](O)[C@](O)(C(=O)O)[C@H](O)C=O. The summed E-state index contributed by atoms with van der Waals surface area (Å²) in [7, 11) is 0. The Labute approximate surface area is 68.1 Å². The average molecular weight is 178 g/mol. The highest BCUT2D eigenvalue weighted by Crippen LogP contribution is 2.15. The largest absolute Gasteiger partial charge is 0.479 e. The summed E-state index contributed by atoms with van der Waals surface area (Å²) in [5, 5.41) is 35.0. The minimum absolute atomic E-state index is 0.152. The molecule has 0 rings (SSSR count). The number of carboxylic acid groups (broad SMARTS) is 1. The second-order valence-electron chi connectivity index (χ2n) is 2.39. The van der Waals surface area contributed by atoms with Gasteiger partial charge in [0.05, 0.1) is 6.10 Å². The second-order valence-corrected chi connectivity index (χ2v) is 2.39. The van der Waals surface area contributed by atoms with Crippen LogP contribution >= 0.6 is 0 Å². The number of hydrogen-bond donors (Lipinski definition) is 4. The number of aliphatic carboxylic acids is 1. The minimum atomic E-state index is -2.83. The van der Waals surface area contributed by atoms with Crippen molar-refractivity contribution in [2.75, 3.05) is 0 Å². The van der Waals surface area contributed by atoms with E-state index in [1.807, 2.05) is 0 Å². The summed E-state index contributed by atoms with van der Waals surface area (Å²) < 4.78 is 0. The van der Waals surface area contributed by atoms with Gasteiger partial charge < -0.3 is 25.2 Å². The van der Waals surface area contributed by atoms with Gasteiger partial charge in [0.25, 0.3) is 0 Å². The lowest BCUT2D eigenvalue weighted by Gasteiger charge is -2.27. The minimum Gasteiger partial charge on any atom is -0.479 e. The van der Waals surface area contributed by atoms with Gasteiger partial charge in [-0.3, -0.25) is 0 Å². The first-order valence-electron chi connectivity index (χ1n) is 3.14. The zero-order chi connectivity index (χ0) is 9.94. The van der Waals surface area contributed by atoms with E-state index < -0.39 is 23.8 Å². The van der Waals surface area contributed by atoms with E-state index in [0.717, 1.165) is 6.92 Å². The van der Waals surface area contributed by atoms with Gasteiger partial charge in [-0.1, -0.05) is 0 Å². The first-order valence-corrected chi connectivity index (χ1v) is 3.14. The summed E-state index contributed by atoms with van der Waals surface area (Å²) in [5.41, 5.74) is -2.83. The Morgan fingerprint density at radius 2 is 1.92 bits per heavy atom. The molecule has 0 saturated carbocycles. The molecular weight excluding hydrogens is 168 g/mol. The highest BCUT2D eigenvalue weighted by Gasteiger charge is 2.48. The van der Waals surface area contributed by atoms with E-state index in [1.54, 1.807) is 0 Å². The Bertz CT molecular complexity index is 188. The Kier molecular flexibility index (Phi) is 3.32. The van der Waals surface area contributed by atoms with Crippen molar-refractivity contribution in [2.24, 2.45) is 0 Å². The van der Waals surface area contributed by atoms with Gasteiger partial charge in [0.15, 0.2) is 12.4 Å². The van der Waals surface area contributed by atoms with E-state index in [9.17, 15) is 9.59 Å². The maximum atomic E-state index is 10.3. The molecule has 0 aliphatic rings. The summed E-state index contributed by atoms with van der Waals surface area (Å²) >= 11 is 0. The van der Waals surface area contributed by atoms with Gasteiger partial charge in [-0.25, -0.2) is 4.79 Å². The molecular formula is C6H10O6. The molecule has 6 nitrogen and oxygen atoms in total. The van der Waals surface area contributed by atoms with Crippen molar-refractivity contribution in [1.29, 1.82) is 0 Å². The molecule has 6 heteroatoms. The first kappa shape index (κ1) is 11.0. The van der Waals surface area contributed by atoms with Crippen LogP contribution in [0.1, 0.15) is 6.92 Å². The number of aliphatic hydroxyl groups is 3. The van der Waals surface area contributed by atoms with Crippen molar-refractivity contribution in [2.45, 2.75) is 24.7 Å². The number of aliphatic hydroxyl groups excluding tert-OH is 2. The standard InChI is InChI=1S/C6H10O6/c1-3(8)6(12,5(10)11)4(9)2-7/h2-4,8-9,12H,1H3,(H,10,11)/t3-,4+,6+/m0/s1. The molecule has 0 heterocycles. The molecule has 0 aromatic heterocycles. The van der Waals surface area contributed by atoms with Crippen LogP contribution in [0.2, 0.25) is 0 Å². The predicted octanol–water partition coefficient (Wildman–Crippen LogP) is -2.26. The van der Waals surface area contributed by atoms with Crippen LogP contribution in [-0.2, 0) is 9.59 Å². The average Bonchev–Trinajstić information content (AvgIpc) is 2.00. The second kappa shape index (κ2) is 3.61. The van der Waals surface area contributed by atoms with Crippen LogP contribution in [-0.4, -0.2) is 50.5 Å². The molecule has 4 N–H and O–H groups in total. The van der Waals surface area contributed by atoms with Gasteiger partial charge in [-0.15, -0.1) is 0 Å². The summed E-state index contributed by atoms with van der Waals surface area (Å²) in [6.45, 7) is 0.959. The zero-order valence-corrected chi connectivity index (χ0v) is 6.34. The smallest absolute Gasteiger partial charge is 0.341 e. The molecule has 0 radical (unpaired) electrons. The van der Waals surface area contributed by atoms with E-state index in [1.165, 1.54) is 0 Å². The van der Waals surface area contributed by atoms with Crippen LogP contribution in [0.15, 0.2) is 0 Å². The third kappa shape index (κ3) is 1.60. The number of aldehydes is 1. The van der Waals surface area contributed by atoms with Gasteiger partial charge in [0, 0.05) is 0 Å². The van der Waals surface area contributed by atoms with E-state index in [0.29, 0.717) is 0 Å². The molecule has 0 bridgehead atoms. The fourth-order valence-electron chi connectivity index (χ4n) is 0.656. The van der Waals surface area contributed by atoms with Crippen molar-refractivity contribution in [1.82, 2.24) is 0 Å². The number of hydrogen-bond acceptors (Lipinski definition) is 5. The monoisotopic (exact) mass is 178 g/mol. The highest BCUT2D eigenvalue weighted by atomic mass is 16.4. The third-order valence-electron chi connectivity index (χ3n) is 1.56. The Balaban J connectivity index is 4.86. The Morgan fingerprint density at radius 3 is 2.00 bits per heavy atom. The fourth-order valence-corrected chi connectivity index (χ4v) is 0.656. The molecule has 0 spiro atoms. The summed E-state index contributed by atoms with van der Waals surface area (Å²) in [5.74, 6) is -1.85. The number of carboxylic acids is 1. The van der Waals surface area contributed by atoms with Crippen LogP contribution < -0.4 is 0 Å². The topological polar surface area (TPSA) is 115 Å². The fraction of sp³-hybridized carbons (Fsp3) is 0.667. The lowest BCUT2D eigenvalue weighted by Crippen LogP contribution is -2.57. The number of carbonyl (C=O) groups is 2. The normalized spacial score (nSPS) is 20.7. The molecule has 0 aliphatic heterocycles. The van der Waals surface area contributed by atoms with Crippen LogP contribution in [0.4, 0.5) is 0 Å². The lowest BCUT2D eigenvalue weighted by atomic mass is 9.92. The maximum Gasteiger partial charge on any atom is 0.341 e. The molecule has 0 amide bonds. The molecule has 3 atom stereocenters. The molecule has 70 valence electrons. The molecule has 0 saturated heterocycles. The maximum absolute atomic E-state index is 10.3. The van der Waals surface area contributed by atoms with E-state index in [-0.39, 0.29) is 6.29 Å². The van der Waals surface area contributed by atoms with Crippen molar-refractivity contribution in [3.63, 3.8) is 0 Å². The molecule has 0 aliphatic carbocycles. The summed E-state index contributed by atoms with van der Waals surface area (Å²) in [6, 6.07) is 0. The van der Waals surface area contributed by atoms with E-state index in [2.05, 4.69) is 0 Å². The van der Waals surface area contributed by atoms with Crippen LogP contribution in [0.25, 0.3) is 0 Å². The lowest BCUT2D eigenvalue weighted by molar-refractivity contribution is -0.188.